The van der Waals surface area contributed by atoms with Gasteiger partial charge in [0, 0.05) is 30.4 Å². The van der Waals surface area contributed by atoms with Gasteiger partial charge < -0.3 is 9.47 Å². The molecule has 0 radical (unpaired) electrons. The Balaban J connectivity index is 2.12. The van der Waals surface area contributed by atoms with Crippen molar-refractivity contribution in [3.63, 3.8) is 0 Å². The Morgan fingerprint density at radius 2 is 2.00 bits per heavy atom. The van der Waals surface area contributed by atoms with Crippen molar-refractivity contribution in [1.82, 2.24) is 0 Å². The Kier molecular flexibility index (Phi) is 2.13. The number of rotatable bonds is 2. The summed E-state index contributed by atoms with van der Waals surface area (Å²) in [5.41, 5.74) is 3.50. The number of ether oxygens (including phenoxy) is 2. The molecular weight excluding hydrogens is 204 g/mol. The van der Waals surface area contributed by atoms with Crippen LogP contribution in [0.4, 0.5) is 0 Å². The molecule has 0 spiro atoms. The number of fused-ring (bicyclic) bond motifs is 3. The maximum atomic E-state index is 11.2. The standard InChI is InChI=1S/C13H14O3/c1-8(14)6-10-7-9-2-4-15-12(9)13-11(10)3-5-16-13/h7H,2-6H2,1H3. The topological polar surface area (TPSA) is 35.5 Å². The summed E-state index contributed by atoms with van der Waals surface area (Å²) < 4.78 is 11.2. The van der Waals surface area contributed by atoms with Gasteiger partial charge in [-0.05, 0) is 12.5 Å². The molecule has 0 unspecified atom stereocenters. The predicted molar refractivity (Wildman–Crippen MR) is 59.2 cm³/mol. The van der Waals surface area contributed by atoms with Crippen molar-refractivity contribution in [2.45, 2.75) is 26.2 Å². The van der Waals surface area contributed by atoms with Crippen LogP contribution in [0, 0.1) is 0 Å². The Hall–Kier alpha value is -1.51. The first kappa shape index (κ1) is 9.70. The SMILES string of the molecule is CC(=O)Cc1cc2c(c3c1CCO3)OCC2. The highest BCUT2D eigenvalue weighted by Gasteiger charge is 2.27. The van der Waals surface area contributed by atoms with Gasteiger partial charge in [-0.15, -0.1) is 0 Å². The van der Waals surface area contributed by atoms with Crippen LogP contribution in [0.1, 0.15) is 23.6 Å². The summed E-state index contributed by atoms with van der Waals surface area (Å²) >= 11 is 0. The zero-order chi connectivity index (χ0) is 11.1. The Morgan fingerprint density at radius 1 is 1.25 bits per heavy atom. The quantitative estimate of drug-likeness (QED) is 0.757. The van der Waals surface area contributed by atoms with Crippen LogP contribution >= 0.6 is 0 Å². The molecule has 0 amide bonds. The number of hydrogen-bond donors (Lipinski definition) is 0. The first-order valence-electron chi connectivity index (χ1n) is 5.68. The summed E-state index contributed by atoms with van der Waals surface area (Å²) in [5.74, 6) is 2.01. The summed E-state index contributed by atoms with van der Waals surface area (Å²) in [6, 6.07) is 2.12. The van der Waals surface area contributed by atoms with Gasteiger partial charge in [0.05, 0.1) is 13.2 Å². The minimum absolute atomic E-state index is 0.202. The molecule has 0 N–H and O–H groups in total. The summed E-state index contributed by atoms with van der Waals surface area (Å²) in [5, 5.41) is 0. The number of carbonyl (C=O) groups is 1. The second-order valence-corrected chi connectivity index (χ2v) is 4.41. The molecule has 16 heavy (non-hydrogen) atoms. The Labute approximate surface area is 94.4 Å². The zero-order valence-electron chi connectivity index (χ0n) is 9.34. The van der Waals surface area contributed by atoms with E-state index in [0.29, 0.717) is 13.0 Å². The minimum atomic E-state index is 0.202. The molecule has 2 heterocycles. The molecule has 3 nitrogen and oxygen atoms in total. The van der Waals surface area contributed by atoms with Crippen LogP contribution in [-0.2, 0) is 24.1 Å². The van der Waals surface area contributed by atoms with Crippen LogP contribution in [-0.4, -0.2) is 19.0 Å². The van der Waals surface area contributed by atoms with E-state index in [1.807, 2.05) is 0 Å². The molecule has 3 heteroatoms. The zero-order valence-corrected chi connectivity index (χ0v) is 9.34. The third kappa shape index (κ3) is 1.39. The van der Waals surface area contributed by atoms with Crippen LogP contribution in [0.2, 0.25) is 0 Å². The third-order valence-electron chi connectivity index (χ3n) is 3.16. The van der Waals surface area contributed by atoms with E-state index in [0.717, 1.165) is 36.5 Å². The fourth-order valence-electron chi connectivity index (χ4n) is 2.51. The van der Waals surface area contributed by atoms with Gasteiger partial charge in [-0.3, -0.25) is 4.79 Å². The number of carbonyl (C=O) groups excluding carboxylic acids is 1. The van der Waals surface area contributed by atoms with Crippen molar-refractivity contribution >= 4 is 5.78 Å². The van der Waals surface area contributed by atoms with Gasteiger partial charge in [0.2, 0.25) is 0 Å². The molecule has 0 saturated carbocycles. The molecule has 0 fully saturated rings. The molecule has 0 aromatic heterocycles. The number of hydrogen-bond acceptors (Lipinski definition) is 3. The molecule has 2 aliphatic rings. The first-order valence-corrected chi connectivity index (χ1v) is 5.68. The average Bonchev–Trinajstić information content (AvgIpc) is 2.82. The lowest BCUT2D eigenvalue weighted by molar-refractivity contribution is -0.116. The number of ketones is 1. The van der Waals surface area contributed by atoms with E-state index < -0.39 is 0 Å². The Bertz CT molecular complexity index is 463. The average molecular weight is 218 g/mol. The van der Waals surface area contributed by atoms with E-state index in [4.69, 9.17) is 9.47 Å². The third-order valence-corrected chi connectivity index (χ3v) is 3.16. The lowest BCUT2D eigenvalue weighted by atomic mass is 9.97. The lowest BCUT2D eigenvalue weighted by Crippen LogP contribution is -2.00. The number of benzene rings is 1. The molecule has 2 aliphatic heterocycles. The molecule has 84 valence electrons. The van der Waals surface area contributed by atoms with Crippen molar-refractivity contribution in [2.75, 3.05) is 13.2 Å². The molecule has 1 aromatic rings. The Morgan fingerprint density at radius 3 is 2.81 bits per heavy atom. The maximum absolute atomic E-state index is 11.2. The van der Waals surface area contributed by atoms with Crippen LogP contribution in [0.5, 0.6) is 11.5 Å². The highest BCUT2D eigenvalue weighted by Crippen LogP contribution is 2.43. The van der Waals surface area contributed by atoms with E-state index in [1.165, 1.54) is 11.1 Å². The fourth-order valence-corrected chi connectivity index (χ4v) is 2.51. The highest BCUT2D eigenvalue weighted by atomic mass is 16.5. The molecule has 0 saturated heterocycles. The molecule has 3 rings (SSSR count). The summed E-state index contributed by atoms with van der Waals surface area (Å²) in [6.45, 7) is 3.07. The van der Waals surface area contributed by atoms with Crippen molar-refractivity contribution in [2.24, 2.45) is 0 Å². The molecular formula is C13H14O3. The van der Waals surface area contributed by atoms with E-state index >= 15 is 0 Å². The normalized spacial score (nSPS) is 16.3. The maximum Gasteiger partial charge on any atom is 0.165 e. The van der Waals surface area contributed by atoms with Gasteiger partial charge in [-0.25, -0.2) is 0 Å². The molecule has 1 aromatic carbocycles. The van der Waals surface area contributed by atoms with Crippen molar-refractivity contribution in [3.8, 4) is 11.5 Å². The monoisotopic (exact) mass is 218 g/mol. The van der Waals surface area contributed by atoms with Crippen molar-refractivity contribution < 1.29 is 14.3 Å². The molecule has 0 bridgehead atoms. The summed E-state index contributed by atoms with van der Waals surface area (Å²) in [6.07, 6.45) is 2.34. The van der Waals surface area contributed by atoms with E-state index in [1.54, 1.807) is 6.92 Å². The molecule has 0 atom stereocenters. The minimum Gasteiger partial charge on any atom is -0.489 e. The van der Waals surface area contributed by atoms with Gasteiger partial charge in [-0.2, -0.15) is 0 Å². The lowest BCUT2D eigenvalue weighted by Gasteiger charge is -2.10. The summed E-state index contributed by atoms with van der Waals surface area (Å²) in [4.78, 5) is 11.2. The van der Waals surface area contributed by atoms with Crippen molar-refractivity contribution in [1.29, 1.82) is 0 Å². The molecule has 0 aliphatic carbocycles. The van der Waals surface area contributed by atoms with Gasteiger partial charge in [0.1, 0.15) is 5.78 Å². The van der Waals surface area contributed by atoms with E-state index in [9.17, 15) is 4.79 Å². The summed E-state index contributed by atoms with van der Waals surface area (Å²) in [7, 11) is 0. The fraction of sp³-hybridized carbons (Fsp3) is 0.462. The van der Waals surface area contributed by atoms with Gasteiger partial charge in [0.25, 0.3) is 0 Å². The van der Waals surface area contributed by atoms with Crippen LogP contribution in [0.15, 0.2) is 6.07 Å². The van der Waals surface area contributed by atoms with Crippen LogP contribution < -0.4 is 9.47 Å². The van der Waals surface area contributed by atoms with Gasteiger partial charge in [-0.1, -0.05) is 6.07 Å². The first-order chi connectivity index (χ1) is 7.75. The largest absolute Gasteiger partial charge is 0.489 e. The highest BCUT2D eigenvalue weighted by molar-refractivity contribution is 5.79. The van der Waals surface area contributed by atoms with Gasteiger partial charge >= 0.3 is 0 Å². The van der Waals surface area contributed by atoms with Crippen molar-refractivity contribution in [3.05, 3.63) is 22.8 Å². The second-order valence-electron chi connectivity index (χ2n) is 4.41. The second kappa shape index (κ2) is 3.51. The predicted octanol–water partition coefficient (Wildman–Crippen LogP) is 1.69. The van der Waals surface area contributed by atoms with E-state index in [-0.39, 0.29) is 5.78 Å². The number of Topliss-reactive ketones (excluding diaryl/α,β-unsaturated/α-hetero) is 1. The van der Waals surface area contributed by atoms with Crippen LogP contribution in [0.25, 0.3) is 0 Å². The smallest absolute Gasteiger partial charge is 0.165 e. The van der Waals surface area contributed by atoms with E-state index in [2.05, 4.69) is 6.07 Å². The van der Waals surface area contributed by atoms with Gasteiger partial charge in [0.15, 0.2) is 11.5 Å². The van der Waals surface area contributed by atoms with Crippen LogP contribution in [0.3, 0.4) is 0 Å².